The summed E-state index contributed by atoms with van der Waals surface area (Å²) in [5.41, 5.74) is 11.4. The lowest BCUT2D eigenvalue weighted by atomic mass is 9.89. The molecular formula is C89H133N15O29S. The second-order valence-electron chi connectivity index (χ2n) is 34.4. The number of hydrogen-bond acceptors (Lipinski definition) is 27. The van der Waals surface area contributed by atoms with Gasteiger partial charge in [0.25, 0.3) is 0 Å². The van der Waals surface area contributed by atoms with E-state index in [-0.39, 0.29) is 131 Å². The van der Waals surface area contributed by atoms with Crippen molar-refractivity contribution < 1.29 is 141 Å². The highest BCUT2D eigenvalue weighted by atomic mass is 32.2. The summed E-state index contributed by atoms with van der Waals surface area (Å²) in [7, 11) is 0. The van der Waals surface area contributed by atoms with Gasteiger partial charge in [0.1, 0.15) is 18.4 Å². The number of guanidine groups is 2. The number of benzene rings is 1. The predicted molar refractivity (Wildman–Crippen MR) is 481 cm³/mol. The largest absolute Gasteiger partial charge is 0.481 e. The molecule has 0 aromatic heterocycles. The highest BCUT2D eigenvalue weighted by molar-refractivity contribution is 7.98. The Morgan fingerprint density at radius 2 is 0.985 bits per heavy atom. The van der Waals surface area contributed by atoms with Crippen molar-refractivity contribution in [1.29, 1.82) is 10.8 Å². The van der Waals surface area contributed by atoms with E-state index < -0.39 is 311 Å². The predicted octanol–water partition coefficient (Wildman–Crippen LogP) is 1.12. The molecule has 0 bridgehead atoms. The number of likely N-dealkylation sites (tertiary alicyclic amines) is 2. The lowest BCUT2D eigenvalue weighted by Crippen LogP contribution is -2.52. The number of nitrogens with two attached hydrogens (primary N) is 2. The van der Waals surface area contributed by atoms with Crippen molar-refractivity contribution in [1.82, 2.24) is 57.7 Å². The average Bonchev–Trinajstić information content (AvgIpc) is 1.68. The van der Waals surface area contributed by atoms with Gasteiger partial charge in [0.15, 0.2) is 52.4 Å². The molecule has 2 aliphatic heterocycles. The van der Waals surface area contributed by atoms with E-state index in [2.05, 4.69) is 47.9 Å². The van der Waals surface area contributed by atoms with Gasteiger partial charge in [-0.05, 0) is 121 Å². The maximum absolute atomic E-state index is 14.6. The summed E-state index contributed by atoms with van der Waals surface area (Å²) in [4.78, 5) is 307. The number of ether oxygens (including phenoxy) is 1. The fraction of sp³-hybridized carbons (Fsp3) is 0.652. The Hall–Kier alpha value is -12.3. The number of aliphatic carboxylic acids is 5. The van der Waals surface area contributed by atoms with Gasteiger partial charge in [-0.2, -0.15) is 11.8 Å². The third kappa shape index (κ3) is 45.4. The van der Waals surface area contributed by atoms with Crippen LogP contribution in [0.25, 0.3) is 0 Å². The number of imide groups is 1. The van der Waals surface area contributed by atoms with Gasteiger partial charge < -0.3 is 94.5 Å². The fourth-order valence-corrected chi connectivity index (χ4v) is 15.7. The van der Waals surface area contributed by atoms with Gasteiger partial charge >= 0.3 is 29.8 Å². The second-order valence-corrected chi connectivity index (χ2v) is 35.3. The summed E-state index contributed by atoms with van der Waals surface area (Å²) in [6, 6.07) is -2.81. The molecule has 3 rings (SSSR count). The molecule has 44 nitrogen and oxygen atoms in total. The van der Waals surface area contributed by atoms with Crippen molar-refractivity contribution in [2.45, 2.75) is 270 Å². The number of ketones is 8. The maximum atomic E-state index is 14.6. The normalized spacial score (nSPS) is 15.9. The van der Waals surface area contributed by atoms with Gasteiger partial charge in [-0.3, -0.25) is 126 Å². The van der Waals surface area contributed by atoms with E-state index in [4.69, 9.17) is 27.0 Å². The number of carboxylic acid groups (broad SMARTS) is 5. The number of carboxylic acids is 5. The van der Waals surface area contributed by atoms with Crippen LogP contribution in [0.3, 0.4) is 0 Å². The van der Waals surface area contributed by atoms with Gasteiger partial charge in [0.2, 0.25) is 59.1 Å². The quantitative estimate of drug-likeness (QED) is 0.0143. The number of hydrogen-bond donors (Lipinski definition) is 18. The first-order chi connectivity index (χ1) is 63.1. The third-order valence-electron chi connectivity index (χ3n) is 22.6. The van der Waals surface area contributed by atoms with Crippen LogP contribution in [0, 0.1) is 52.2 Å². The molecule has 13 atom stereocenters. The number of nitrogens with zero attached hydrogens (tertiary/aromatic N) is 2. The van der Waals surface area contributed by atoms with Gasteiger partial charge in [0.05, 0.1) is 36.8 Å². The number of amides is 10. The van der Waals surface area contributed by atoms with Gasteiger partial charge in [-0.1, -0.05) is 52.0 Å². The number of nitrogens with one attached hydrogen (secondary N) is 11. The molecule has 2 saturated heterocycles. The first-order valence-corrected chi connectivity index (χ1v) is 46.3. The molecule has 134 heavy (non-hydrogen) atoms. The highest BCUT2D eigenvalue weighted by Crippen LogP contribution is 2.26. The number of rotatable bonds is 71. The summed E-state index contributed by atoms with van der Waals surface area (Å²) in [6.45, 7) is 8.81. The summed E-state index contributed by atoms with van der Waals surface area (Å²) < 4.78 is 5.72. The van der Waals surface area contributed by atoms with Crippen LogP contribution in [0.5, 0.6) is 0 Å². The van der Waals surface area contributed by atoms with Crippen LogP contribution < -0.4 is 59.3 Å². The Labute approximate surface area is 780 Å². The Morgan fingerprint density at radius 3 is 1.48 bits per heavy atom. The molecule has 20 N–H and O–H groups in total. The van der Waals surface area contributed by atoms with Gasteiger partial charge in [-0.25, -0.2) is 0 Å². The molecule has 2 heterocycles. The SMILES string of the molecule is CSC[C@H](NC(=O)CCC(=O)[C@H](CC(C)C)NC(=O)[C@@H]1CCCN1C(=O)COCCCC(=O)[C@H](Cc1ccc(C(C)=O)cc1)NC(=O)[C@@H](CCC(=O)O)CC(=O)[C@@H](CCC(=O)O)NC(=O)[C@@H](CCC(=O)O)CC(=O)[C@@H](CCC(=O)O)NC(=O)[C@@H](CCC(=O)O)CC(=O)CCN1C(=O)CC(C)C1=O)C(=O)C[C@@H](C)C(=O)NCC(=O)C[C@H](CCCNC(=N)N)C(=O)N[C@@H](C)CCCNC(=N)N. The Balaban J connectivity index is 1.74. The van der Waals surface area contributed by atoms with Crippen LogP contribution in [0.15, 0.2) is 24.3 Å². The standard InChI is InChI=1S/C89H133N15O29S/c1-49(2)38-64(69(109)25-26-73(113)98-66(48-134-7)70(110)39-50(3)81(126)96-46-61(107)43-56(13-9-34-95-89(92)93)82(127)97-52(5)12-8-33-94-88(90)91)102-86(131)67-14-10-35-103(67)75(115)47-133-37-11-15-68(108)65(41-54-16-18-55(19-17-54)53(6)105)101-85(130)59(22-29-78(120)121)45-72(112)63(24-31-80(124)125)100-84(129)58(21-28-77(118)119)44-71(111)62(23-30-79(122)123)99-83(128)57(20-27-76(116)117)42-60(106)32-36-104-74(114)40-51(4)87(104)132/h16-19,49-52,56-59,62-67H,8-15,20-48H2,1-7H3,(H,96,126)(H,97,127)(H,98,113)(H,99,128)(H,100,129)(H,101,130)(H,102,131)(H,116,117)(H,118,119)(H,120,121)(H,122,123)(H,124,125)(H4,90,91,94)(H4,92,93,95)/t50-,51?,52+,56+,57+,58+,59+,62-,63-,64+,65+,66+,67+/m1/s1. The van der Waals surface area contributed by atoms with Crippen molar-refractivity contribution in [3.05, 3.63) is 35.4 Å². The zero-order chi connectivity index (χ0) is 101. The van der Waals surface area contributed by atoms with E-state index >= 15 is 0 Å². The van der Waals surface area contributed by atoms with Crippen molar-refractivity contribution in [2.24, 2.45) is 52.9 Å². The van der Waals surface area contributed by atoms with E-state index in [0.717, 1.165) is 4.90 Å². The van der Waals surface area contributed by atoms with E-state index in [9.17, 15) is 136 Å². The molecule has 1 aromatic carbocycles. The second kappa shape index (κ2) is 60.8. The molecule has 2 fully saturated rings. The minimum absolute atomic E-state index is 0.0945. The monoisotopic (exact) mass is 1910 g/mol. The van der Waals surface area contributed by atoms with Crippen molar-refractivity contribution in [3.63, 3.8) is 0 Å². The Morgan fingerprint density at radius 1 is 0.507 bits per heavy atom. The first kappa shape index (κ1) is 116. The Kier molecular flexibility index (Phi) is 52.5. The van der Waals surface area contributed by atoms with Crippen molar-refractivity contribution >= 4 is 159 Å². The van der Waals surface area contributed by atoms with Crippen molar-refractivity contribution in [3.8, 4) is 0 Å². The summed E-state index contributed by atoms with van der Waals surface area (Å²) in [5, 5.41) is 86.7. The molecule has 0 spiro atoms. The van der Waals surface area contributed by atoms with E-state index in [1.165, 1.54) is 61.7 Å². The van der Waals surface area contributed by atoms with Crippen LogP contribution in [-0.2, 0) is 117 Å². The zero-order valence-corrected chi connectivity index (χ0v) is 77.9. The fourth-order valence-electron chi connectivity index (χ4n) is 15.1. The minimum Gasteiger partial charge on any atom is -0.481 e. The van der Waals surface area contributed by atoms with Crippen molar-refractivity contribution in [2.75, 3.05) is 57.9 Å². The maximum Gasteiger partial charge on any atom is 0.303 e. The Bertz CT molecular complexity index is 4350. The summed E-state index contributed by atoms with van der Waals surface area (Å²) in [6.07, 6.45) is -8.22. The molecule has 1 unspecified atom stereocenters. The summed E-state index contributed by atoms with van der Waals surface area (Å²) >= 11 is 1.23. The summed E-state index contributed by atoms with van der Waals surface area (Å²) in [5.74, 6) is -28.1. The molecule has 2 aliphatic rings. The molecule has 0 radical (unpaired) electrons. The zero-order valence-electron chi connectivity index (χ0n) is 77.0. The number of carbonyl (C=O) groups excluding carboxylic acids is 18. The minimum atomic E-state index is -1.87. The van der Waals surface area contributed by atoms with E-state index in [0.29, 0.717) is 37.8 Å². The van der Waals surface area contributed by atoms with Crippen LogP contribution in [0.4, 0.5) is 0 Å². The molecule has 45 heteroatoms. The van der Waals surface area contributed by atoms with Crippen LogP contribution >= 0.6 is 11.8 Å². The molecule has 1 aromatic rings. The number of Topliss-reactive ketones (excluding diaryl/α,β-unsaturated/α-hetero) is 8. The van der Waals surface area contributed by atoms with E-state index in [1.807, 2.05) is 0 Å². The third-order valence-corrected chi connectivity index (χ3v) is 23.3. The highest BCUT2D eigenvalue weighted by Gasteiger charge is 2.41. The molecule has 10 amide bonds. The average molecular weight is 1910 g/mol. The van der Waals surface area contributed by atoms with E-state index in [1.54, 1.807) is 27.0 Å². The lowest BCUT2D eigenvalue weighted by molar-refractivity contribution is -0.142. The number of carbonyl (C=O) groups is 23. The smallest absolute Gasteiger partial charge is 0.303 e. The first-order valence-electron chi connectivity index (χ1n) is 44.9. The molecule has 0 saturated carbocycles. The van der Waals surface area contributed by atoms with Gasteiger partial charge in [0, 0.05) is 182 Å². The molecule has 0 aliphatic carbocycles. The van der Waals surface area contributed by atoms with Crippen LogP contribution in [-0.4, -0.2) is 283 Å². The molecular weight excluding hydrogens is 1780 g/mol. The topological polar surface area (TPSA) is 717 Å². The van der Waals surface area contributed by atoms with Crippen LogP contribution in [0.1, 0.15) is 237 Å². The van der Waals surface area contributed by atoms with Gasteiger partial charge in [-0.15, -0.1) is 0 Å². The molecule has 744 valence electrons. The number of thioether (sulfide) groups is 1. The van der Waals surface area contributed by atoms with Crippen LogP contribution in [0.2, 0.25) is 0 Å². The lowest BCUT2D eigenvalue weighted by Gasteiger charge is -2.27.